The Morgan fingerprint density at radius 1 is 1.08 bits per heavy atom. The zero-order valence-electron chi connectivity index (χ0n) is 14.2. The third-order valence-corrected chi connectivity index (χ3v) is 4.51. The van der Waals surface area contributed by atoms with Crippen LogP contribution < -0.4 is 10.8 Å². The Kier molecular flexibility index (Phi) is 4.08. The molecule has 1 aromatic heterocycles. The van der Waals surface area contributed by atoms with Crippen molar-refractivity contribution in [1.82, 2.24) is 4.98 Å². The Balaban J connectivity index is 1.71. The Bertz CT molecular complexity index is 714. The number of benzene rings is 1. The van der Waals surface area contributed by atoms with E-state index in [1.54, 1.807) is 24.3 Å². The molecule has 0 saturated carbocycles. The first-order chi connectivity index (χ1) is 11.3. The van der Waals surface area contributed by atoms with Crippen molar-refractivity contribution in [3.63, 3.8) is 0 Å². The second-order valence-electron chi connectivity index (χ2n) is 6.75. The number of carbonyl (C=O) groups excluding carboxylic acids is 1. The first kappa shape index (κ1) is 16.5. The molecule has 1 saturated heterocycles. The fourth-order valence-corrected chi connectivity index (χ4v) is 2.32. The molecule has 1 N–H and O–H groups in total. The standard InChI is InChI=1S/C18H19BN2O3/c1-17(2)18(3,4)24-19(23-17)14-10-8-13(9-11-14)16(22)21-15-7-5-6-12-20-15/h5,7-11H,1-4H3,(H,20,21,22). The highest BCUT2D eigenvalue weighted by Crippen LogP contribution is 2.36. The van der Waals surface area contributed by atoms with Crippen LogP contribution in [0.5, 0.6) is 0 Å². The summed E-state index contributed by atoms with van der Waals surface area (Å²) in [4.78, 5) is 16.1. The summed E-state index contributed by atoms with van der Waals surface area (Å²) in [6, 6.07) is 13.2. The number of hydrogen-bond donors (Lipinski definition) is 1. The van der Waals surface area contributed by atoms with Crippen molar-refractivity contribution < 1.29 is 14.1 Å². The van der Waals surface area contributed by atoms with E-state index in [-0.39, 0.29) is 17.1 Å². The van der Waals surface area contributed by atoms with E-state index in [1.807, 2.05) is 39.8 Å². The van der Waals surface area contributed by atoms with Gasteiger partial charge in [0.1, 0.15) is 5.82 Å². The summed E-state index contributed by atoms with van der Waals surface area (Å²) < 4.78 is 12.0. The quantitative estimate of drug-likeness (QED) is 0.881. The molecule has 3 rings (SSSR count). The van der Waals surface area contributed by atoms with Gasteiger partial charge < -0.3 is 14.6 Å². The van der Waals surface area contributed by atoms with Gasteiger partial charge in [-0.3, -0.25) is 4.79 Å². The number of nitrogens with zero attached hydrogens (tertiary/aromatic N) is 1. The third kappa shape index (κ3) is 3.14. The number of aromatic nitrogens is 1. The molecule has 1 fully saturated rings. The molecule has 2 aromatic rings. The molecule has 6 heteroatoms. The lowest BCUT2D eigenvalue weighted by Gasteiger charge is -2.32. The number of rotatable bonds is 3. The van der Waals surface area contributed by atoms with Crippen molar-refractivity contribution in [3.05, 3.63) is 54.2 Å². The molecule has 0 unspecified atom stereocenters. The zero-order chi connectivity index (χ0) is 17.4. The highest BCUT2D eigenvalue weighted by molar-refractivity contribution is 6.62. The number of amides is 1. The lowest BCUT2D eigenvalue weighted by atomic mass is 9.79. The molecule has 1 amide bonds. The van der Waals surface area contributed by atoms with E-state index in [9.17, 15) is 4.79 Å². The fraction of sp³-hybridized carbons (Fsp3) is 0.333. The van der Waals surface area contributed by atoms with Crippen molar-refractivity contribution >= 4 is 24.3 Å². The van der Waals surface area contributed by atoms with Crippen LogP contribution in [0.1, 0.15) is 38.1 Å². The van der Waals surface area contributed by atoms with Crippen molar-refractivity contribution in [1.29, 1.82) is 0 Å². The molecule has 0 bridgehead atoms. The van der Waals surface area contributed by atoms with Crippen LogP contribution in [-0.4, -0.2) is 29.2 Å². The van der Waals surface area contributed by atoms with Crippen LogP contribution in [0.4, 0.5) is 5.82 Å². The summed E-state index contributed by atoms with van der Waals surface area (Å²) >= 11 is 0. The molecule has 0 spiro atoms. The maximum atomic E-state index is 12.2. The molecule has 0 radical (unpaired) electrons. The minimum atomic E-state index is -0.437. The van der Waals surface area contributed by atoms with Crippen LogP contribution in [0.25, 0.3) is 0 Å². The minimum absolute atomic E-state index is 0.234. The SMILES string of the molecule is CC1(C)OB(c2ccc(C(=O)Nc3ccc#cn3)cc2)OC1(C)C. The highest BCUT2D eigenvalue weighted by Gasteiger charge is 2.51. The van der Waals surface area contributed by atoms with Crippen molar-refractivity contribution in [2.45, 2.75) is 38.9 Å². The van der Waals surface area contributed by atoms with E-state index in [0.29, 0.717) is 11.4 Å². The average molecular weight is 322 g/mol. The van der Waals surface area contributed by atoms with Gasteiger partial charge in [0, 0.05) is 11.8 Å². The fourth-order valence-electron chi connectivity index (χ4n) is 2.32. The second-order valence-corrected chi connectivity index (χ2v) is 6.75. The highest BCUT2D eigenvalue weighted by atomic mass is 16.7. The Morgan fingerprint density at radius 3 is 2.25 bits per heavy atom. The van der Waals surface area contributed by atoms with Crippen molar-refractivity contribution in [3.8, 4) is 0 Å². The molecule has 1 aliphatic heterocycles. The van der Waals surface area contributed by atoms with Crippen LogP contribution >= 0.6 is 0 Å². The molecule has 122 valence electrons. The summed E-state index contributed by atoms with van der Waals surface area (Å²) in [7, 11) is -0.437. The van der Waals surface area contributed by atoms with Crippen molar-refractivity contribution in [2.75, 3.05) is 5.32 Å². The summed E-state index contributed by atoms with van der Waals surface area (Å²) in [6.45, 7) is 8.04. The molecule has 0 aliphatic carbocycles. The van der Waals surface area contributed by atoms with Gasteiger partial charge in [0.25, 0.3) is 5.91 Å². The zero-order valence-corrected chi connectivity index (χ0v) is 14.2. The van der Waals surface area contributed by atoms with E-state index in [0.717, 1.165) is 5.46 Å². The van der Waals surface area contributed by atoms with Gasteiger partial charge in [-0.05, 0) is 63.5 Å². The van der Waals surface area contributed by atoms with Crippen LogP contribution in [0, 0.1) is 12.3 Å². The van der Waals surface area contributed by atoms with Gasteiger partial charge in [-0.15, -0.1) is 0 Å². The maximum Gasteiger partial charge on any atom is 0.494 e. The molecular weight excluding hydrogens is 303 g/mol. The summed E-state index contributed by atoms with van der Waals surface area (Å²) in [6.07, 6.45) is 2.56. The summed E-state index contributed by atoms with van der Waals surface area (Å²) in [5.74, 6) is 0.205. The van der Waals surface area contributed by atoms with E-state index in [1.165, 1.54) is 0 Å². The van der Waals surface area contributed by atoms with Gasteiger partial charge in [0.05, 0.1) is 11.2 Å². The predicted molar refractivity (Wildman–Crippen MR) is 92.0 cm³/mol. The Labute approximate surface area is 142 Å². The Morgan fingerprint density at radius 2 is 1.71 bits per heavy atom. The lowest BCUT2D eigenvalue weighted by Crippen LogP contribution is -2.41. The van der Waals surface area contributed by atoms with E-state index < -0.39 is 7.12 Å². The molecule has 24 heavy (non-hydrogen) atoms. The average Bonchev–Trinajstić information content (AvgIpc) is 2.76. The van der Waals surface area contributed by atoms with Gasteiger partial charge in [-0.1, -0.05) is 12.1 Å². The predicted octanol–water partition coefficient (Wildman–Crippen LogP) is 2.23. The van der Waals surface area contributed by atoms with Gasteiger partial charge in [-0.25, -0.2) is 0 Å². The topological polar surface area (TPSA) is 60.5 Å². The largest absolute Gasteiger partial charge is 0.494 e. The van der Waals surface area contributed by atoms with E-state index in [2.05, 4.69) is 22.6 Å². The molecule has 1 aromatic carbocycles. The second kappa shape index (κ2) is 5.93. The number of hydrogen-bond acceptors (Lipinski definition) is 4. The molecule has 2 heterocycles. The third-order valence-electron chi connectivity index (χ3n) is 4.51. The van der Waals surface area contributed by atoms with Gasteiger partial charge in [0.2, 0.25) is 0 Å². The van der Waals surface area contributed by atoms with E-state index in [4.69, 9.17) is 9.31 Å². The smallest absolute Gasteiger partial charge is 0.399 e. The van der Waals surface area contributed by atoms with Gasteiger partial charge in [-0.2, -0.15) is 4.98 Å². The molecule has 1 aliphatic rings. The van der Waals surface area contributed by atoms with Gasteiger partial charge >= 0.3 is 7.12 Å². The Hall–Kier alpha value is -2.36. The number of anilines is 1. The first-order valence-corrected chi connectivity index (χ1v) is 7.80. The van der Waals surface area contributed by atoms with Crippen LogP contribution in [0.3, 0.4) is 0 Å². The molecule has 0 atom stereocenters. The summed E-state index contributed by atoms with van der Waals surface area (Å²) in [5.41, 5.74) is 0.635. The number of carbonyl (C=O) groups is 1. The van der Waals surface area contributed by atoms with Crippen LogP contribution in [0.15, 0.2) is 36.4 Å². The van der Waals surface area contributed by atoms with Crippen LogP contribution in [-0.2, 0) is 9.31 Å². The molecule has 5 nitrogen and oxygen atoms in total. The van der Waals surface area contributed by atoms with E-state index >= 15 is 0 Å². The maximum absolute atomic E-state index is 12.2. The monoisotopic (exact) mass is 322 g/mol. The van der Waals surface area contributed by atoms with Crippen LogP contribution in [0.2, 0.25) is 0 Å². The summed E-state index contributed by atoms with van der Waals surface area (Å²) in [5, 5.41) is 2.71. The van der Waals surface area contributed by atoms with Crippen molar-refractivity contribution in [2.24, 2.45) is 0 Å². The molecular formula is C18H19BN2O3. The normalized spacial score (nSPS) is 18.1. The number of nitrogens with one attached hydrogen (secondary N) is 1. The minimum Gasteiger partial charge on any atom is -0.399 e. The lowest BCUT2D eigenvalue weighted by molar-refractivity contribution is 0.00578. The first-order valence-electron chi connectivity index (χ1n) is 7.80. The van der Waals surface area contributed by atoms with Gasteiger partial charge in [0.15, 0.2) is 0 Å².